The Morgan fingerprint density at radius 3 is 2.12 bits per heavy atom. The maximum atomic E-state index is 11.6. The first-order chi connectivity index (χ1) is 15.2. The summed E-state index contributed by atoms with van der Waals surface area (Å²) in [6, 6.07) is 0. The minimum Gasteiger partial charge on any atom is -0.392 e. The number of fused-ring (bicyclic) bond motifs is 5. The van der Waals surface area contributed by atoms with E-state index in [2.05, 4.69) is 48.5 Å². The van der Waals surface area contributed by atoms with Crippen LogP contribution < -0.4 is 0 Å². The van der Waals surface area contributed by atoms with Crippen LogP contribution in [0.4, 0.5) is 0 Å². The van der Waals surface area contributed by atoms with Gasteiger partial charge in [0.05, 0.1) is 24.9 Å². The minimum atomic E-state index is -0.395. The smallest absolute Gasteiger partial charge is 0.0663 e. The Balaban J connectivity index is 1.41. The topological polar surface area (TPSA) is 49.7 Å². The molecule has 0 amide bonds. The molecule has 5 aliphatic carbocycles. The van der Waals surface area contributed by atoms with Gasteiger partial charge in [0.2, 0.25) is 0 Å². The van der Waals surface area contributed by atoms with Crippen molar-refractivity contribution in [2.24, 2.45) is 56.2 Å². The molecule has 0 spiro atoms. The van der Waals surface area contributed by atoms with Gasteiger partial charge in [-0.15, -0.1) is 0 Å². The summed E-state index contributed by atoms with van der Waals surface area (Å²) in [5.41, 5.74) is 1.08. The molecular formula is C30H50O3. The highest BCUT2D eigenvalue weighted by atomic mass is 16.5. The van der Waals surface area contributed by atoms with E-state index in [1.165, 1.54) is 44.9 Å². The first-order valence-electron chi connectivity index (χ1n) is 14.2. The molecule has 0 unspecified atom stereocenters. The molecule has 6 rings (SSSR count). The van der Waals surface area contributed by atoms with Gasteiger partial charge in [-0.3, -0.25) is 0 Å². The van der Waals surface area contributed by atoms with E-state index in [-0.39, 0.29) is 16.2 Å². The van der Waals surface area contributed by atoms with Gasteiger partial charge in [0.1, 0.15) is 0 Å². The van der Waals surface area contributed by atoms with E-state index in [1.807, 2.05) is 0 Å². The zero-order chi connectivity index (χ0) is 23.8. The zero-order valence-electron chi connectivity index (χ0n) is 22.4. The van der Waals surface area contributed by atoms with Gasteiger partial charge in [-0.2, -0.15) is 0 Å². The van der Waals surface area contributed by atoms with Crippen LogP contribution in [-0.2, 0) is 4.74 Å². The van der Waals surface area contributed by atoms with Crippen molar-refractivity contribution < 1.29 is 14.9 Å². The highest BCUT2D eigenvalue weighted by molar-refractivity contribution is 5.22. The average Bonchev–Trinajstić information content (AvgIpc) is 3.07. The lowest BCUT2D eigenvalue weighted by Crippen LogP contribution is -2.70. The standard InChI is InChI=1S/C30H50O3/c1-25(2)12-14-30-15-13-27(5)18(23(30)24(25)33-17-30)8-9-20-28(27,6)11-10-19-26(3,4)21(31)16-22(32)29(19,20)7/h18-24,31-32H,8-17H2,1-7H3/t18-,19+,20+,21-,22+,23+,24-,27-,28-,29+,30-/m1/s1. The highest BCUT2D eigenvalue weighted by Gasteiger charge is 2.73. The van der Waals surface area contributed by atoms with Gasteiger partial charge in [-0.25, -0.2) is 0 Å². The molecule has 6 fully saturated rings. The van der Waals surface area contributed by atoms with E-state index in [0.29, 0.717) is 40.6 Å². The summed E-state index contributed by atoms with van der Waals surface area (Å²) < 4.78 is 6.69. The van der Waals surface area contributed by atoms with Gasteiger partial charge in [0.25, 0.3) is 0 Å². The molecule has 5 saturated carbocycles. The van der Waals surface area contributed by atoms with Crippen molar-refractivity contribution in [2.75, 3.05) is 6.61 Å². The third-order valence-electron chi connectivity index (χ3n) is 14.2. The molecule has 11 atom stereocenters. The van der Waals surface area contributed by atoms with E-state index < -0.39 is 12.2 Å². The quantitative estimate of drug-likeness (QED) is 0.454. The Morgan fingerprint density at radius 1 is 0.697 bits per heavy atom. The molecule has 3 heteroatoms. The molecule has 2 N–H and O–H groups in total. The van der Waals surface area contributed by atoms with Crippen molar-refractivity contribution in [1.29, 1.82) is 0 Å². The summed E-state index contributed by atoms with van der Waals surface area (Å²) in [7, 11) is 0. The van der Waals surface area contributed by atoms with Crippen molar-refractivity contribution in [3.05, 3.63) is 0 Å². The molecule has 0 radical (unpaired) electrons. The Kier molecular flexibility index (Phi) is 4.66. The number of aliphatic hydroxyl groups excluding tert-OH is 2. The van der Waals surface area contributed by atoms with Crippen molar-refractivity contribution in [3.63, 3.8) is 0 Å². The van der Waals surface area contributed by atoms with Crippen LogP contribution in [0.25, 0.3) is 0 Å². The fourth-order valence-corrected chi connectivity index (χ4v) is 11.9. The van der Waals surface area contributed by atoms with Crippen LogP contribution in [0.3, 0.4) is 0 Å². The van der Waals surface area contributed by atoms with Crippen LogP contribution in [0.2, 0.25) is 0 Å². The van der Waals surface area contributed by atoms with Crippen LogP contribution >= 0.6 is 0 Å². The molecule has 1 saturated heterocycles. The Labute approximate surface area is 202 Å². The van der Waals surface area contributed by atoms with Crippen LogP contribution in [0.15, 0.2) is 0 Å². The number of rotatable bonds is 0. The van der Waals surface area contributed by atoms with Crippen molar-refractivity contribution in [1.82, 2.24) is 0 Å². The summed E-state index contributed by atoms with van der Waals surface area (Å²) in [6.45, 7) is 18.2. The average molecular weight is 459 g/mol. The normalized spacial score (nSPS) is 60.8. The zero-order valence-corrected chi connectivity index (χ0v) is 22.4. The maximum absolute atomic E-state index is 11.6. The summed E-state index contributed by atoms with van der Waals surface area (Å²) in [5.74, 6) is 2.40. The number of hydrogen-bond acceptors (Lipinski definition) is 3. The van der Waals surface area contributed by atoms with E-state index >= 15 is 0 Å². The Hall–Kier alpha value is -0.120. The van der Waals surface area contributed by atoms with Crippen LogP contribution in [0.1, 0.15) is 106 Å². The largest absolute Gasteiger partial charge is 0.392 e. The van der Waals surface area contributed by atoms with Crippen molar-refractivity contribution >= 4 is 0 Å². The van der Waals surface area contributed by atoms with E-state index in [4.69, 9.17) is 4.74 Å². The van der Waals surface area contributed by atoms with Crippen LogP contribution in [-0.4, -0.2) is 35.1 Å². The molecule has 0 aromatic rings. The summed E-state index contributed by atoms with van der Waals surface area (Å²) in [4.78, 5) is 0. The third kappa shape index (κ3) is 2.54. The van der Waals surface area contributed by atoms with Gasteiger partial charge in [0, 0.05) is 11.8 Å². The van der Waals surface area contributed by atoms with E-state index in [9.17, 15) is 10.2 Å². The number of aliphatic hydroxyl groups is 2. The molecule has 0 aromatic carbocycles. The van der Waals surface area contributed by atoms with Crippen molar-refractivity contribution in [3.8, 4) is 0 Å². The second-order valence-electron chi connectivity index (χ2n) is 15.7. The molecule has 188 valence electrons. The first kappa shape index (κ1) is 23.3. The highest BCUT2D eigenvalue weighted by Crippen LogP contribution is 2.78. The van der Waals surface area contributed by atoms with Gasteiger partial charge >= 0.3 is 0 Å². The van der Waals surface area contributed by atoms with Crippen LogP contribution in [0.5, 0.6) is 0 Å². The van der Waals surface area contributed by atoms with E-state index in [0.717, 1.165) is 24.9 Å². The lowest BCUT2D eigenvalue weighted by Gasteiger charge is -2.74. The summed E-state index contributed by atoms with van der Waals surface area (Å²) in [5, 5.41) is 22.5. The van der Waals surface area contributed by atoms with E-state index in [1.54, 1.807) is 0 Å². The molecule has 1 heterocycles. The molecule has 3 nitrogen and oxygen atoms in total. The fraction of sp³-hybridized carbons (Fsp3) is 1.00. The summed E-state index contributed by atoms with van der Waals surface area (Å²) in [6.07, 6.45) is 10.5. The third-order valence-corrected chi connectivity index (χ3v) is 14.2. The molecular weight excluding hydrogens is 408 g/mol. The lowest BCUT2D eigenvalue weighted by molar-refractivity contribution is -0.277. The molecule has 33 heavy (non-hydrogen) atoms. The maximum Gasteiger partial charge on any atom is 0.0663 e. The predicted octanol–water partition coefficient (Wildman–Crippen LogP) is 6.21. The summed E-state index contributed by atoms with van der Waals surface area (Å²) >= 11 is 0. The fourth-order valence-electron chi connectivity index (χ4n) is 11.9. The SMILES string of the molecule is CC1(C)CC[C@]23CC[C@]4(C)[C@H](CC[C@@H]5[C@@]6(C)[C@@H](O)C[C@@H](O)C(C)(C)[C@@H]6CC[C@]54C)[C@H]2[C@H]1OC3. The van der Waals surface area contributed by atoms with Gasteiger partial charge in [0.15, 0.2) is 0 Å². The van der Waals surface area contributed by atoms with Gasteiger partial charge in [-0.05, 0) is 102 Å². The Bertz CT molecular complexity index is 834. The minimum absolute atomic E-state index is 0.0971. The number of hydrogen-bond donors (Lipinski definition) is 2. The Morgan fingerprint density at radius 2 is 1.39 bits per heavy atom. The second-order valence-corrected chi connectivity index (χ2v) is 15.7. The van der Waals surface area contributed by atoms with Crippen LogP contribution in [0, 0.1) is 56.2 Å². The second kappa shape index (κ2) is 6.60. The predicted molar refractivity (Wildman–Crippen MR) is 132 cm³/mol. The van der Waals surface area contributed by atoms with Gasteiger partial charge < -0.3 is 14.9 Å². The monoisotopic (exact) mass is 458 g/mol. The molecule has 6 aliphatic rings. The first-order valence-corrected chi connectivity index (χ1v) is 14.2. The van der Waals surface area contributed by atoms with Gasteiger partial charge in [-0.1, -0.05) is 48.5 Å². The number of ether oxygens (including phenoxy) is 1. The lowest BCUT2D eigenvalue weighted by atomic mass is 9.31. The molecule has 1 aliphatic heterocycles. The van der Waals surface area contributed by atoms with Crippen molar-refractivity contribution in [2.45, 2.75) is 125 Å². The molecule has 2 bridgehead atoms. The molecule has 0 aromatic heterocycles.